The Morgan fingerprint density at radius 1 is 1.53 bits per heavy atom. The molecule has 1 aromatic rings. The number of aromatic hydroxyl groups is 1. The van der Waals surface area contributed by atoms with Crippen LogP contribution in [0.25, 0.3) is 0 Å². The Morgan fingerprint density at radius 3 is 2.87 bits per heavy atom. The summed E-state index contributed by atoms with van der Waals surface area (Å²) in [6.45, 7) is 0. The van der Waals surface area contributed by atoms with E-state index >= 15 is 0 Å². The molecule has 0 aliphatic rings. The highest BCUT2D eigenvalue weighted by Crippen LogP contribution is 2.25. The van der Waals surface area contributed by atoms with E-state index < -0.39 is 5.97 Å². The monoisotopic (exact) mass is 206 g/mol. The van der Waals surface area contributed by atoms with Crippen molar-refractivity contribution in [2.45, 2.75) is 6.42 Å². The van der Waals surface area contributed by atoms with Gasteiger partial charge in [-0.05, 0) is 18.2 Å². The van der Waals surface area contributed by atoms with Crippen molar-refractivity contribution in [1.82, 2.24) is 0 Å². The zero-order valence-corrected chi connectivity index (χ0v) is 8.15. The topological polar surface area (TPSA) is 66.8 Å². The molecule has 78 valence electrons. The van der Waals surface area contributed by atoms with Crippen LogP contribution in [0.2, 0.25) is 0 Å². The SMILES string of the molecule is COc1cc(C#CCC(=O)O)ccc1O. The van der Waals surface area contributed by atoms with E-state index in [1.807, 2.05) is 0 Å². The van der Waals surface area contributed by atoms with Crippen LogP contribution in [0.5, 0.6) is 11.5 Å². The van der Waals surface area contributed by atoms with E-state index in [0.29, 0.717) is 11.3 Å². The molecule has 0 unspecified atom stereocenters. The van der Waals surface area contributed by atoms with Gasteiger partial charge in [-0.3, -0.25) is 4.79 Å². The Morgan fingerprint density at radius 2 is 2.27 bits per heavy atom. The highest BCUT2D eigenvalue weighted by molar-refractivity contribution is 5.70. The lowest BCUT2D eigenvalue weighted by molar-refractivity contribution is -0.135. The standard InChI is InChI=1S/C11H10O4/c1-15-10-7-8(5-6-9(10)12)3-2-4-11(13)14/h5-7,12H,4H2,1H3,(H,13,14). The van der Waals surface area contributed by atoms with E-state index in [2.05, 4.69) is 11.8 Å². The molecule has 4 heteroatoms. The maximum absolute atomic E-state index is 10.2. The number of rotatable bonds is 2. The Hall–Kier alpha value is -2.15. The molecular formula is C11H10O4. The van der Waals surface area contributed by atoms with Gasteiger partial charge in [0.2, 0.25) is 0 Å². The maximum Gasteiger partial charge on any atom is 0.315 e. The Bertz CT molecular complexity index is 426. The Balaban J connectivity index is 2.85. The smallest absolute Gasteiger partial charge is 0.315 e. The van der Waals surface area contributed by atoms with Crippen molar-refractivity contribution in [3.8, 4) is 23.3 Å². The molecule has 1 aromatic carbocycles. The van der Waals surface area contributed by atoms with E-state index in [1.165, 1.54) is 13.2 Å². The number of aliphatic carboxylic acids is 1. The third kappa shape index (κ3) is 3.24. The lowest BCUT2D eigenvalue weighted by atomic mass is 10.2. The fraction of sp³-hybridized carbons (Fsp3) is 0.182. The van der Waals surface area contributed by atoms with E-state index in [-0.39, 0.29) is 12.2 Å². The van der Waals surface area contributed by atoms with Gasteiger partial charge in [0.25, 0.3) is 0 Å². The highest BCUT2D eigenvalue weighted by atomic mass is 16.5. The van der Waals surface area contributed by atoms with Crippen molar-refractivity contribution in [2.24, 2.45) is 0 Å². The highest BCUT2D eigenvalue weighted by Gasteiger charge is 2.00. The van der Waals surface area contributed by atoms with E-state index in [9.17, 15) is 9.90 Å². The van der Waals surface area contributed by atoms with Crippen LogP contribution in [0.4, 0.5) is 0 Å². The number of carbonyl (C=O) groups is 1. The molecule has 0 radical (unpaired) electrons. The molecule has 2 N–H and O–H groups in total. The number of benzene rings is 1. The normalized spacial score (nSPS) is 8.87. The van der Waals surface area contributed by atoms with Gasteiger partial charge in [0.15, 0.2) is 11.5 Å². The zero-order valence-electron chi connectivity index (χ0n) is 8.15. The summed E-state index contributed by atoms with van der Waals surface area (Å²) in [5, 5.41) is 17.7. The summed E-state index contributed by atoms with van der Waals surface area (Å²) in [6.07, 6.45) is -0.205. The summed E-state index contributed by atoms with van der Waals surface area (Å²) in [4.78, 5) is 10.2. The first-order valence-corrected chi connectivity index (χ1v) is 4.21. The fourth-order valence-electron chi connectivity index (χ4n) is 0.977. The Kier molecular flexibility index (Phi) is 3.58. The molecule has 0 spiro atoms. The zero-order chi connectivity index (χ0) is 11.3. The lowest BCUT2D eigenvalue weighted by Crippen LogP contribution is -1.90. The second-order valence-electron chi connectivity index (χ2n) is 2.76. The van der Waals surface area contributed by atoms with Gasteiger partial charge in [0, 0.05) is 5.56 Å². The first kappa shape index (κ1) is 10.9. The molecule has 0 amide bonds. The van der Waals surface area contributed by atoms with Crippen LogP contribution in [0.3, 0.4) is 0 Å². The molecule has 0 aliphatic carbocycles. The number of ether oxygens (including phenoxy) is 1. The van der Waals surface area contributed by atoms with Crippen molar-refractivity contribution < 1.29 is 19.7 Å². The largest absolute Gasteiger partial charge is 0.504 e. The van der Waals surface area contributed by atoms with Crippen molar-refractivity contribution >= 4 is 5.97 Å². The second-order valence-corrected chi connectivity index (χ2v) is 2.76. The number of carboxylic acids is 1. The predicted molar refractivity (Wildman–Crippen MR) is 53.8 cm³/mol. The summed E-state index contributed by atoms with van der Waals surface area (Å²) in [7, 11) is 1.43. The molecular weight excluding hydrogens is 196 g/mol. The van der Waals surface area contributed by atoms with Gasteiger partial charge in [-0.25, -0.2) is 0 Å². The van der Waals surface area contributed by atoms with Gasteiger partial charge in [-0.1, -0.05) is 11.8 Å². The average molecular weight is 206 g/mol. The van der Waals surface area contributed by atoms with Crippen LogP contribution >= 0.6 is 0 Å². The van der Waals surface area contributed by atoms with Crippen molar-refractivity contribution in [1.29, 1.82) is 0 Å². The lowest BCUT2D eigenvalue weighted by Gasteiger charge is -2.02. The molecule has 4 nitrogen and oxygen atoms in total. The molecule has 0 saturated heterocycles. The molecule has 0 aromatic heterocycles. The van der Waals surface area contributed by atoms with E-state index in [4.69, 9.17) is 9.84 Å². The minimum Gasteiger partial charge on any atom is -0.504 e. The van der Waals surface area contributed by atoms with Gasteiger partial charge in [0.05, 0.1) is 7.11 Å². The molecule has 0 heterocycles. The molecule has 0 aliphatic heterocycles. The van der Waals surface area contributed by atoms with Gasteiger partial charge in [-0.2, -0.15) is 0 Å². The Labute approximate surface area is 87.1 Å². The first-order chi connectivity index (χ1) is 7.13. The van der Waals surface area contributed by atoms with Crippen molar-refractivity contribution in [3.63, 3.8) is 0 Å². The second kappa shape index (κ2) is 4.91. The fourth-order valence-corrected chi connectivity index (χ4v) is 0.977. The summed E-state index contributed by atoms with van der Waals surface area (Å²) < 4.78 is 4.88. The van der Waals surface area contributed by atoms with Crippen LogP contribution < -0.4 is 4.74 Å². The van der Waals surface area contributed by atoms with Crippen LogP contribution in [-0.4, -0.2) is 23.3 Å². The van der Waals surface area contributed by atoms with Gasteiger partial charge < -0.3 is 14.9 Å². The predicted octanol–water partition coefficient (Wildman–Crippen LogP) is 1.23. The third-order valence-electron chi connectivity index (χ3n) is 1.65. The van der Waals surface area contributed by atoms with Crippen LogP contribution in [0.1, 0.15) is 12.0 Å². The van der Waals surface area contributed by atoms with E-state index in [1.54, 1.807) is 12.1 Å². The number of methoxy groups -OCH3 is 1. The van der Waals surface area contributed by atoms with Gasteiger partial charge >= 0.3 is 5.97 Å². The average Bonchev–Trinajstić information content (AvgIpc) is 2.20. The van der Waals surface area contributed by atoms with Crippen LogP contribution in [-0.2, 0) is 4.79 Å². The molecule has 1 rings (SSSR count). The van der Waals surface area contributed by atoms with Crippen LogP contribution in [0, 0.1) is 11.8 Å². The molecule has 0 atom stereocenters. The van der Waals surface area contributed by atoms with E-state index in [0.717, 1.165) is 0 Å². The number of phenols is 1. The van der Waals surface area contributed by atoms with Crippen LogP contribution in [0.15, 0.2) is 18.2 Å². The number of hydrogen-bond donors (Lipinski definition) is 2. The van der Waals surface area contributed by atoms with Crippen molar-refractivity contribution in [3.05, 3.63) is 23.8 Å². The molecule has 0 saturated carbocycles. The summed E-state index contributed by atoms with van der Waals surface area (Å²) in [5.74, 6) is 4.52. The number of carboxylic acid groups (broad SMARTS) is 1. The third-order valence-corrected chi connectivity index (χ3v) is 1.65. The minimum absolute atomic E-state index is 0.0290. The van der Waals surface area contributed by atoms with Gasteiger partial charge in [-0.15, -0.1) is 0 Å². The summed E-state index contributed by atoms with van der Waals surface area (Å²) in [6, 6.07) is 4.58. The molecule has 15 heavy (non-hydrogen) atoms. The first-order valence-electron chi connectivity index (χ1n) is 4.21. The maximum atomic E-state index is 10.2. The van der Waals surface area contributed by atoms with Crippen molar-refractivity contribution in [2.75, 3.05) is 7.11 Å². The minimum atomic E-state index is -0.965. The summed E-state index contributed by atoms with van der Waals surface area (Å²) in [5.41, 5.74) is 0.603. The number of phenolic OH excluding ortho intramolecular Hbond substituents is 1. The molecule has 0 bridgehead atoms. The molecule has 0 fully saturated rings. The number of hydrogen-bond acceptors (Lipinski definition) is 3. The van der Waals surface area contributed by atoms with Gasteiger partial charge in [0.1, 0.15) is 6.42 Å². The quantitative estimate of drug-likeness (QED) is 0.714. The summed E-state index contributed by atoms with van der Waals surface area (Å²) >= 11 is 0.